The van der Waals surface area contributed by atoms with Gasteiger partial charge in [-0.05, 0) is 49.6 Å². The van der Waals surface area contributed by atoms with Gasteiger partial charge in [-0.3, -0.25) is 4.79 Å². The number of rotatable bonds is 2. The summed E-state index contributed by atoms with van der Waals surface area (Å²) in [6.07, 6.45) is 1.62. The monoisotopic (exact) mass is 365 g/mol. The number of benzene rings is 2. The number of amides is 1. The Morgan fingerprint density at radius 2 is 1.78 bits per heavy atom. The Labute approximate surface area is 153 Å². The van der Waals surface area contributed by atoms with E-state index in [0.29, 0.717) is 36.2 Å². The third-order valence-electron chi connectivity index (χ3n) is 4.60. The molecule has 0 radical (unpaired) electrons. The van der Waals surface area contributed by atoms with Crippen molar-refractivity contribution in [2.45, 2.75) is 19.3 Å². The van der Waals surface area contributed by atoms with Gasteiger partial charge in [0.25, 0.3) is 5.56 Å². The molecular weight excluding hydrogens is 349 g/mol. The van der Waals surface area contributed by atoms with Crippen molar-refractivity contribution in [3.63, 3.8) is 0 Å². The summed E-state index contributed by atoms with van der Waals surface area (Å²) in [5, 5.41) is 2.67. The van der Waals surface area contributed by atoms with Crippen LogP contribution in [-0.4, -0.2) is 15.2 Å². The van der Waals surface area contributed by atoms with Gasteiger partial charge in [-0.25, -0.2) is 23.1 Å². The van der Waals surface area contributed by atoms with Gasteiger partial charge in [0.05, 0.1) is 5.69 Å². The molecule has 1 aliphatic carbocycles. The average Bonchev–Trinajstić information content (AvgIpc) is 3.12. The van der Waals surface area contributed by atoms with E-state index < -0.39 is 23.1 Å². The molecule has 4 rings (SSSR count). The first-order chi connectivity index (χ1) is 13.1. The predicted octanol–water partition coefficient (Wildman–Crippen LogP) is 2.71. The zero-order valence-electron chi connectivity index (χ0n) is 14.3. The summed E-state index contributed by atoms with van der Waals surface area (Å²) in [7, 11) is 0. The number of aromatic nitrogens is 2. The van der Waals surface area contributed by atoms with Crippen LogP contribution >= 0.6 is 0 Å². The molecule has 0 spiro atoms. The number of nitrogens with zero attached hydrogens (tertiary/aromatic N) is 2. The molecule has 2 aromatic carbocycles. The van der Waals surface area contributed by atoms with E-state index in [2.05, 4.69) is 5.32 Å². The number of fused-ring (bicyclic) bond motifs is 1. The number of hydrogen-bond acceptors (Lipinski definition) is 3. The number of halogens is 1. The molecule has 1 heterocycles. The van der Waals surface area contributed by atoms with Crippen molar-refractivity contribution in [3.8, 4) is 5.69 Å². The van der Waals surface area contributed by atoms with Gasteiger partial charge in [0.15, 0.2) is 0 Å². The van der Waals surface area contributed by atoms with Crippen LogP contribution < -0.4 is 16.6 Å². The van der Waals surface area contributed by atoms with Crippen LogP contribution in [0, 0.1) is 5.82 Å². The molecule has 0 fully saturated rings. The Balaban J connectivity index is 1.91. The molecule has 6 nitrogen and oxygen atoms in total. The predicted molar refractivity (Wildman–Crippen MR) is 99.1 cm³/mol. The van der Waals surface area contributed by atoms with Gasteiger partial charge in [0, 0.05) is 16.9 Å². The van der Waals surface area contributed by atoms with E-state index in [9.17, 15) is 18.8 Å². The fraction of sp³-hybridized carbons (Fsp3) is 0.150. The molecule has 27 heavy (non-hydrogen) atoms. The van der Waals surface area contributed by atoms with Crippen molar-refractivity contribution in [2.24, 2.45) is 0 Å². The van der Waals surface area contributed by atoms with Crippen LogP contribution in [0.3, 0.4) is 0 Å². The Morgan fingerprint density at radius 3 is 2.52 bits per heavy atom. The van der Waals surface area contributed by atoms with Crippen LogP contribution in [0.5, 0.6) is 0 Å². The first-order valence-corrected chi connectivity index (χ1v) is 8.58. The molecular formula is C20H16FN3O3. The highest BCUT2D eigenvalue weighted by Gasteiger charge is 2.26. The van der Waals surface area contributed by atoms with Crippen LogP contribution in [0.15, 0.2) is 64.2 Å². The number of carbonyl (C=O) groups is 1. The van der Waals surface area contributed by atoms with Crippen molar-refractivity contribution in [1.29, 1.82) is 0 Å². The van der Waals surface area contributed by atoms with E-state index >= 15 is 0 Å². The van der Waals surface area contributed by atoms with Crippen molar-refractivity contribution >= 4 is 11.7 Å². The second-order valence-corrected chi connectivity index (χ2v) is 6.31. The lowest BCUT2D eigenvalue weighted by atomic mass is 10.2. The maximum absolute atomic E-state index is 13.6. The lowest BCUT2D eigenvalue weighted by Gasteiger charge is -2.15. The van der Waals surface area contributed by atoms with Crippen LogP contribution in [0.1, 0.15) is 17.7 Å². The largest absolute Gasteiger partial charge is 0.344 e. The highest BCUT2D eigenvalue weighted by Crippen LogP contribution is 2.18. The molecule has 1 aliphatic rings. The number of carbonyl (C=O) groups excluding carboxylic acids is 1. The van der Waals surface area contributed by atoms with Gasteiger partial charge in [-0.15, -0.1) is 0 Å². The molecule has 1 amide bonds. The minimum absolute atomic E-state index is 0.0981. The van der Waals surface area contributed by atoms with Gasteiger partial charge in [0.2, 0.25) is 0 Å². The molecule has 3 aromatic rings. The van der Waals surface area contributed by atoms with E-state index in [0.717, 1.165) is 15.2 Å². The third kappa shape index (κ3) is 2.97. The second-order valence-electron chi connectivity index (χ2n) is 6.31. The van der Waals surface area contributed by atoms with Crippen molar-refractivity contribution < 1.29 is 9.18 Å². The Bertz CT molecular complexity index is 1150. The SMILES string of the molecule is O=C(Nc1ccccc1)n1c2c(c(=O)n(-c3cccc(F)c3)c1=O)CCC2. The normalized spacial score (nSPS) is 12.6. The summed E-state index contributed by atoms with van der Waals surface area (Å²) >= 11 is 0. The van der Waals surface area contributed by atoms with Crippen LogP contribution in [-0.2, 0) is 12.8 Å². The van der Waals surface area contributed by atoms with E-state index in [1.165, 1.54) is 18.2 Å². The molecule has 1 N–H and O–H groups in total. The maximum Gasteiger partial charge on any atom is 0.344 e. The van der Waals surface area contributed by atoms with E-state index in [1.807, 2.05) is 6.07 Å². The molecule has 1 aromatic heterocycles. The lowest BCUT2D eigenvalue weighted by molar-refractivity contribution is 0.251. The molecule has 0 aliphatic heterocycles. The second kappa shape index (κ2) is 6.68. The third-order valence-corrected chi connectivity index (χ3v) is 4.60. The molecule has 0 atom stereocenters. The van der Waals surface area contributed by atoms with Crippen molar-refractivity contribution in [2.75, 3.05) is 5.32 Å². The number of hydrogen-bond donors (Lipinski definition) is 1. The average molecular weight is 365 g/mol. The zero-order valence-corrected chi connectivity index (χ0v) is 14.3. The maximum atomic E-state index is 13.6. The Kier molecular flexibility index (Phi) is 4.19. The Hall–Kier alpha value is -3.48. The van der Waals surface area contributed by atoms with Crippen LogP contribution in [0.25, 0.3) is 5.69 Å². The van der Waals surface area contributed by atoms with Gasteiger partial charge in [-0.1, -0.05) is 24.3 Å². The molecule has 0 saturated heterocycles. The van der Waals surface area contributed by atoms with Gasteiger partial charge < -0.3 is 5.32 Å². The summed E-state index contributed by atoms with van der Waals surface area (Å²) in [6, 6.07) is 13.3. The van der Waals surface area contributed by atoms with Crippen molar-refractivity contribution in [1.82, 2.24) is 9.13 Å². The van der Waals surface area contributed by atoms with Crippen LogP contribution in [0.4, 0.5) is 14.9 Å². The lowest BCUT2D eigenvalue weighted by Crippen LogP contribution is -2.45. The number of para-hydroxylation sites is 1. The minimum Gasteiger partial charge on any atom is -0.307 e. The molecule has 136 valence electrons. The minimum atomic E-state index is -0.806. The first kappa shape index (κ1) is 17.0. The van der Waals surface area contributed by atoms with E-state index in [1.54, 1.807) is 24.3 Å². The fourth-order valence-electron chi connectivity index (χ4n) is 3.40. The van der Waals surface area contributed by atoms with Gasteiger partial charge in [-0.2, -0.15) is 0 Å². The highest BCUT2D eigenvalue weighted by atomic mass is 19.1. The fourth-order valence-corrected chi connectivity index (χ4v) is 3.40. The number of nitrogens with one attached hydrogen (secondary N) is 1. The van der Waals surface area contributed by atoms with Crippen LogP contribution in [0.2, 0.25) is 0 Å². The number of anilines is 1. The van der Waals surface area contributed by atoms with Crippen molar-refractivity contribution in [3.05, 3.63) is 92.5 Å². The summed E-state index contributed by atoms with van der Waals surface area (Å²) in [5.74, 6) is -0.570. The molecule has 0 bridgehead atoms. The van der Waals surface area contributed by atoms with Gasteiger partial charge >= 0.3 is 11.7 Å². The summed E-state index contributed by atoms with van der Waals surface area (Å²) < 4.78 is 15.5. The summed E-state index contributed by atoms with van der Waals surface area (Å²) in [6.45, 7) is 0. The molecule has 0 unspecified atom stereocenters. The topological polar surface area (TPSA) is 73.1 Å². The summed E-state index contributed by atoms with van der Waals surface area (Å²) in [4.78, 5) is 38.7. The smallest absolute Gasteiger partial charge is 0.307 e. The first-order valence-electron chi connectivity index (χ1n) is 8.58. The van der Waals surface area contributed by atoms with Gasteiger partial charge in [0.1, 0.15) is 5.82 Å². The van der Waals surface area contributed by atoms with E-state index in [-0.39, 0.29) is 5.69 Å². The standard InChI is InChI=1S/C20H16FN3O3/c21-13-6-4-9-15(12-13)23-18(25)16-10-5-11-17(16)24(20(23)27)19(26)22-14-7-2-1-3-8-14/h1-4,6-9,12H,5,10-11H2,(H,22,26). The summed E-state index contributed by atoms with van der Waals surface area (Å²) in [5.41, 5.74) is 0.167. The molecule has 7 heteroatoms. The molecule has 0 saturated carbocycles. The highest BCUT2D eigenvalue weighted by molar-refractivity contribution is 5.91. The Morgan fingerprint density at radius 1 is 1.00 bits per heavy atom. The van der Waals surface area contributed by atoms with E-state index in [4.69, 9.17) is 0 Å². The zero-order chi connectivity index (χ0) is 19.0. The quantitative estimate of drug-likeness (QED) is 0.759.